The summed E-state index contributed by atoms with van der Waals surface area (Å²) in [5.74, 6) is 0. The molecule has 5 rings (SSSR count). The Hall–Kier alpha value is -3.78. The number of ether oxygens (including phenoxy) is 6. The number of rotatable bonds is 15. The molecule has 6 nitrogen and oxygen atoms in total. The molecule has 4 aromatic carbocycles. The molecule has 42 heavy (non-hydrogen) atoms. The van der Waals surface area contributed by atoms with Gasteiger partial charge in [-0.3, -0.25) is 0 Å². The van der Waals surface area contributed by atoms with Crippen LogP contribution in [-0.4, -0.2) is 37.3 Å². The van der Waals surface area contributed by atoms with Crippen LogP contribution in [0.5, 0.6) is 0 Å². The van der Waals surface area contributed by atoms with Gasteiger partial charge in [0.15, 0.2) is 0 Å². The molecule has 218 valence electrons. The zero-order valence-corrected chi connectivity index (χ0v) is 23.7. The Balaban J connectivity index is 1.40. The van der Waals surface area contributed by atoms with E-state index in [1.807, 2.05) is 121 Å². The molecule has 0 N–H and O–H groups in total. The Morgan fingerprint density at radius 3 is 1.38 bits per heavy atom. The molecule has 0 saturated carbocycles. The van der Waals surface area contributed by atoms with E-state index in [1.54, 1.807) is 0 Å². The zero-order chi connectivity index (χ0) is 28.8. The van der Waals surface area contributed by atoms with E-state index in [1.165, 1.54) is 6.26 Å². The van der Waals surface area contributed by atoms with Crippen LogP contribution in [0, 0.1) is 0 Å². The lowest BCUT2D eigenvalue weighted by Gasteiger charge is -2.45. The van der Waals surface area contributed by atoms with Gasteiger partial charge in [0.25, 0.3) is 0 Å². The van der Waals surface area contributed by atoms with Gasteiger partial charge in [0.1, 0.15) is 24.4 Å². The summed E-state index contributed by atoms with van der Waals surface area (Å²) in [5, 5.41) is 0. The van der Waals surface area contributed by atoms with Gasteiger partial charge in [0.05, 0.1) is 39.3 Å². The second kappa shape index (κ2) is 16.0. The maximum atomic E-state index is 6.64. The zero-order valence-electron chi connectivity index (χ0n) is 23.7. The van der Waals surface area contributed by atoms with Gasteiger partial charge in [-0.2, -0.15) is 0 Å². The second-order valence-corrected chi connectivity index (χ2v) is 10.1. The van der Waals surface area contributed by atoms with E-state index in [0.717, 1.165) is 22.3 Å². The Morgan fingerprint density at radius 1 is 0.524 bits per heavy atom. The predicted molar refractivity (Wildman–Crippen MR) is 161 cm³/mol. The highest BCUT2D eigenvalue weighted by atomic mass is 16.7. The van der Waals surface area contributed by atoms with E-state index in [9.17, 15) is 0 Å². The average Bonchev–Trinajstić information content (AvgIpc) is 3.05. The van der Waals surface area contributed by atoms with Crippen molar-refractivity contribution >= 4 is 0 Å². The van der Waals surface area contributed by atoms with Crippen molar-refractivity contribution in [3.63, 3.8) is 0 Å². The highest BCUT2D eigenvalue weighted by molar-refractivity contribution is 5.16. The Labute approximate surface area is 248 Å². The van der Waals surface area contributed by atoms with Gasteiger partial charge in [-0.25, -0.2) is 0 Å². The van der Waals surface area contributed by atoms with Gasteiger partial charge in [-0.05, 0) is 22.3 Å². The van der Waals surface area contributed by atoms with Crippen molar-refractivity contribution in [2.75, 3.05) is 6.61 Å². The Morgan fingerprint density at radius 2 is 0.929 bits per heavy atom. The predicted octanol–water partition coefficient (Wildman–Crippen LogP) is 6.84. The molecule has 1 aliphatic heterocycles. The van der Waals surface area contributed by atoms with Crippen molar-refractivity contribution < 1.29 is 28.4 Å². The SMILES string of the molecule is C=CO[C@@H]1O[C@H](COCc2ccccc2)[C@@H](OCc2ccccc2)[C@H](OCc2ccccc2)[C@H]1OCc1ccccc1. The molecule has 0 aromatic heterocycles. The minimum Gasteiger partial charge on any atom is -0.470 e. The summed E-state index contributed by atoms with van der Waals surface area (Å²) < 4.78 is 38.3. The Kier molecular flexibility index (Phi) is 11.3. The van der Waals surface area contributed by atoms with Gasteiger partial charge < -0.3 is 28.4 Å². The first kappa shape index (κ1) is 29.7. The lowest BCUT2D eigenvalue weighted by Crippen LogP contribution is -2.61. The molecule has 0 radical (unpaired) electrons. The molecule has 0 aliphatic carbocycles. The van der Waals surface area contributed by atoms with Crippen molar-refractivity contribution in [1.82, 2.24) is 0 Å². The molecular formula is C36H38O6. The summed E-state index contributed by atoms with van der Waals surface area (Å²) in [5.41, 5.74) is 4.21. The van der Waals surface area contributed by atoms with Gasteiger partial charge in [0.2, 0.25) is 6.29 Å². The second-order valence-electron chi connectivity index (χ2n) is 10.1. The summed E-state index contributed by atoms with van der Waals surface area (Å²) in [6, 6.07) is 40.2. The van der Waals surface area contributed by atoms with Gasteiger partial charge >= 0.3 is 0 Å². The molecule has 5 atom stereocenters. The van der Waals surface area contributed by atoms with Crippen LogP contribution in [-0.2, 0) is 54.8 Å². The van der Waals surface area contributed by atoms with Crippen molar-refractivity contribution in [3.8, 4) is 0 Å². The van der Waals surface area contributed by atoms with Crippen LogP contribution in [0.1, 0.15) is 22.3 Å². The first-order valence-corrected chi connectivity index (χ1v) is 14.3. The molecule has 0 amide bonds. The maximum absolute atomic E-state index is 6.64. The molecule has 1 saturated heterocycles. The Bertz CT molecular complexity index is 1300. The number of hydrogen-bond acceptors (Lipinski definition) is 6. The minimum atomic E-state index is -0.770. The minimum absolute atomic E-state index is 0.280. The van der Waals surface area contributed by atoms with E-state index < -0.39 is 30.7 Å². The van der Waals surface area contributed by atoms with Crippen LogP contribution in [0.25, 0.3) is 0 Å². The van der Waals surface area contributed by atoms with Crippen LogP contribution in [0.3, 0.4) is 0 Å². The first-order valence-electron chi connectivity index (χ1n) is 14.3. The monoisotopic (exact) mass is 566 g/mol. The van der Waals surface area contributed by atoms with Crippen LogP contribution >= 0.6 is 0 Å². The van der Waals surface area contributed by atoms with Crippen LogP contribution in [0.15, 0.2) is 134 Å². The van der Waals surface area contributed by atoms with Gasteiger partial charge in [0, 0.05) is 0 Å². The number of hydrogen-bond donors (Lipinski definition) is 0. The van der Waals surface area contributed by atoms with Crippen molar-refractivity contribution in [2.24, 2.45) is 0 Å². The molecule has 1 aliphatic rings. The van der Waals surface area contributed by atoms with E-state index in [2.05, 4.69) is 6.58 Å². The molecule has 4 aromatic rings. The molecule has 0 bridgehead atoms. The van der Waals surface area contributed by atoms with Crippen LogP contribution in [0.4, 0.5) is 0 Å². The molecular weight excluding hydrogens is 528 g/mol. The van der Waals surface area contributed by atoms with E-state index >= 15 is 0 Å². The lowest BCUT2D eigenvalue weighted by molar-refractivity contribution is -0.318. The summed E-state index contributed by atoms with van der Waals surface area (Å²) in [4.78, 5) is 0. The largest absolute Gasteiger partial charge is 0.470 e. The third kappa shape index (κ3) is 8.61. The molecule has 1 fully saturated rings. The fourth-order valence-electron chi connectivity index (χ4n) is 4.95. The van der Waals surface area contributed by atoms with Crippen LogP contribution < -0.4 is 0 Å². The highest BCUT2D eigenvalue weighted by Crippen LogP contribution is 2.31. The topological polar surface area (TPSA) is 55.4 Å². The summed E-state index contributed by atoms with van der Waals surface area (Å²) in [6.45, 7) is 5.63. The van der Waals surface area contributed by atoms with Crippen molar-refractivity contribution in [1.29, 1.82) is 0 Å². The maximum Gasteiger partial charge on any atom is 0.228 e. The summed E-state index contributed by atoms with van der Waals surface area (Å²) in [7, 11) is 0. The third-order valence-electron chi connectivity index (χ3n) is 7.07. The fourth-order valence-corrected chi connectivity index (χ4v) is 4.95. The smallest absolute Gasteiger partial charge is 0.228 e. The van der Waals surface area contributed by atoms with E-state index in [0.29, 0.717) is 26.4 Å². The third-order valence-corrected chi connectivity index (χ3v) is 7.07. The normalized spacial score (nSPS) is 22.0. The number of benzene rings is 4. The highest BCUT2D eigenvalue weighted by Gasteiger charge is 2.49. The standard InChI is InChI=1S/C36H38O6/c1-2-38-36-35(41-26-31-21-13-6-14-22-31)34(40-25-30-19-11-5-12-20-30)33(39-24-29-17-9-4-10-18-29)32(42-36)27-37-23-28-15-7-3-8-16-28/h2-22,32-36H,1,23-27H2/t32-,33-,34+,35-,36-/m1/s1. The first-order chi connectivity index (χ1) is 20.8. The van der Waals surface area contributed by atoms with Crippen molar-refractivity contribution in [3.05, 3.63) is 156 Å². The van der Waals surface area contributed by atoms with Gasteiger partial charge in [-0.1, -0.05) is 128 Å². The van der Waals surface area contributed by atoms with Crippen molar-refractivity contribution in [2.45, 2.75) is 57.1 Å². The molecule has 0 spiro atoms. The lowest BCUT2D eigenvalue weighted by atomic mass is 9.97. The van der Waals surface area contributed by atoms with E-state index in [-0.39, 0.29) is 6.61 Å². The molecule has 6 heteroatoms. The molecule has 1 heterocycles. The summed E-state index contributed by atoms with van der Waals surface area (Å²) in [6.07, 6.45) is -1.51. The van der Waals surface area contributed by atoms with Gasteiger partial charge in [-0.15, -0.1) is 0 Å². The average molecular weight is 567 g/mol. The van der Waals surface area contributed by atoms with E-state index in [4.69, 9.17) is 28.4 Å². The van der Waals surface area contributed by atoms with Crippen LogP contribution in [0.2, 0.25) is 0 Å². The molecule has 0 unspecified atom stereocenters. The summed E-state index contributed by atoms with van der Waals surface area (Å²) >= 11 is 0. The fraction of sp³-hybridized carbons (Fsp3) is 0.278. The quantitative estimate of drug-likeness (QED) is 0.147.